The fraction of sp³-hybridized carbons (Fsp3) is 0.125. The van der Waals surface area contributed by atoms with Gasteiger partial charge in [-0.3, -0.25) is 14.9 Å². The number of carbonyl (C=O) groups is 1. The maximum atomic E-state index is 12.5. The van der Waals surface area contributed by atoms with Gasteiger partial charge in [-0.05, 0) is 42.5 Å². The lowest BCUT2D eigenvalue weighted by Gasteiger charge is -2.09. The first-order valence-corrected chi connectivity index (χ1v) is 11.7. The number of halogens is 1. The molecule has 4 rings (SSSR count). The number of ether oxygens (including phenoxy) is 1. The van der Waals surface area contributed by atoms with Crippen molar-refractivity contribution in [1.29, 1.82) is 0 Å². The molecular formula is C24H20ClN5O4S. The largest absolute Gasteiger partial charge is 0.496 e. The molecule has 0 aliphatic heterocycles. The van der Waals surface area contributed by atoms with Crippen LogP contribution in [-0.2, 0) is 12.8 Å². The Bertz CT molecular complexity index is 1390. The number of thioether (sulfide) groups is 1. The highest BCUT2D eigenvalue weighted by Gasteiger charge is 2.16. The summed E-state index contributed by atoms with van der Waals surface area (Å²) in [5.74, 6) is 1.34. The van der Waals surface area contributed by atoms with Crippen LogP contribution in [0.4, 0.5) is 11.4 Å². The van der Waals surface area contributed by atoms with Crippen LogP contribution in [0.1, 0.15) is 15.9 Å². The second-order valence-electron chi connectivity index (χ2n) is 7.42. The molecule has 3 aromatic carbocycles. The van der Waals surface area contributed by atoms with Gasteiger partial charge in [0.2, 0.25) is 0 Å². The lowest BCUT2D eigenvalue weighted by atomic mass is 10.1. The molecule has 1 aromatic heterocycles. The van der Waals surface area contributed by atoms with Crippen LogP contribution >= 0.6 is 23.4 Å². The number of carbonyl (C=O) groups excluding carboxylic acids is 1. The van der Waals surface area contributed by atoms with Crippen LogP contribution in [0.5, 0.6) is 5.75 Å². The van der Waals surface area contributed by atoms with E-state index in [1.807, 2.05) is 23.7 Å². The smallest absolute Gasteiger partial charge is 0.270 e. The average Bonchev–Trinajstić information content (AvgIpc) is 3.23. The number of hydrogen-bond acceptors (Lipinski definition) is 7. The Morgan fingerprint density at radius 1 is 1.14 bits per heavy atom. The predicted molar refractivity (Wildman–Crippen MR) is 135 cm³/mol. The van der Waals surface area contributed by atoms with Gasteiger partial charge in [0.15, 0.2) is 11.0 Å². The van der Waals surface area contributed by atoms with Crippen molar-refractivity contribution in [2.45, 2.75) is 10.9 Å². The third-order valence-electron chi connectivity index (χ3n) is 5.19. The van der Waals surface area contributed by atoms with E-state index in [0.29, 0.717) is 44.3 Å². The summed E-state index contributed by atoms with van der Waals surface area (Å²) in [6.07, 6.45) is 0. The van der Waals surface area contributed by atoms with Gasteiger partial charge in [0.1, 0.15) is 5.75 Å². The molecule has 0 atom stereocenters. The van der Waals surface area contributed by atoms with E-state index in [0.717, 1.165) is 5.56 Å². The van der Waals surface area contributed by atoms with Crippen LogP contribution in [-0.4, -0.2) is 32.7 Å². The molecule has 0 unspecified atom stereocenters. The molecule has 9 nitrogen and oxygen atoms in total. The van der Waals surface area contributed by atoms with Gasteiger partial charge >= 0.3 is 0 Å². The number of hydrogen-bond donors (Lipinski definition) is 1. The topological polar surface area (TPSA) is 112 Å². The Hall–Kier alpha value is -3.89. The summed E-state index contributed by atoms with van der Waals surface area (Å²) >= 11 is 7.49. The van der Waals surface area contributed by atoms with Crippen LogP contribution in [0, 0.1) is 10.1 Å². The molecule has 11 heteroatoms. The first kappa shape index (κ1) is 24.2. The number of nitrogens with one attached hydrogen (secondary N) is 1. The highest BCUT2D eigenvalue weighted by molar-refractivity contribution is 7.98. The lowest BCUT2D eigenvalue weighted by Crippen LogP contribution is -2.12. The van der Waals surface area contributed by atoms with E-state index in [1.54, 1.807) is 42.5 Å². The van der Waals surface area contributed by atoms with Crippen molar-refractivity contribution in [3.05, 3.63) is 93.0 Å². The Labute approximate surface area is 210 Å². The number of nitro benzene ring substituents is 1. The highest BCUT2D eigenvalue weighted by atomic mass is 35.5. The standard InChI is InChI=1S/C24H20ClN5O4S/c1-29-22(15-7-9-17(10-8-15)26-23(31)19-5-3-4-6-20(19)25)27-28-24(29)35-14-16-13-18(30(32)33)11-12-21(16)34-2/h3-13H,14H2,1-2H3,(H,26,31). The number of nitrogens with zero attached hydrogens (tertiary/aromatic N) is 4. The number of methoxy groups -OCH3 is 1. The fourth-order valence-electron chi connectivity index (χ4n) is 3.37. The van der Waals surface area contributed by atoms with Gasteiger partial charge < -0.3 is 14.6 Å². The van der Waals surface area contributed by atoms with Gasteiger partial charge in [0, 0.05) is 41.7 Å². The van der Waals surface area contributed by atoms with Crippen LogP contribution in [0.2, 0.25) is 5.02 Å². The molecule has 1 heterocycles. The summed E-state index contributed by atoms with van der Waals surface area (Å²) < 4.78 is 7.17. The third kappa shape index (κ3) is 5.44. The van der Waals surface area contributed by atoms with Crippen LogP contribution < -0.4 is 10.1 Å². The zero-order valence-corrected chi connectivity index (χ0v) is 20.3. The summed E-state index contributed by atoms with van der Waals surface area (Å²) in [5.41, 5.74) is 2.52. The minimum atomic E-state index is -0.436. The molecule has 0 saturated heterocycles. The Morgan fingerprint density at radius 3 is 2.57 bits per heavy atom. The number of anilines is 1. The molecule has 0 aliphatic rings. The average molecular weight is 510 g/mol. The first-order valence-electron chi connectivity index (χ1n) is 10.4. The van der Waals surface area contributed by atoms with E-state index in [2.05, 4.69) is 15.5 Å². The molecule has 1 N–H and O–H groups in total. The fourth-order valence-corrected chi connectivity index (χ4v) is 4.48. The SMILES string of the molecule is COc1ccc([N+](=O)[O-])cc1CSc1nnc(-c2ccc(NC(=O)c3ccccc3Cl)cc2)n1C. The second kappa shape index (κ2) is 10.6. The van der Waals surface area contributed by atoms with Crippen molar-refractivity contribution in [3.63, 3.8) is 0 Å². The molecule has 0 bridgehead atoms. The number of aromatic nitrogens is 3. The molecule has 0 aliphatic carbocycles. The van der Waals surface area contributed by atoms with E-state index < -0.39 is 4.92 Å². The maximum Gasteiger partial charge on any atom is 0.270 e. The molecule has 35 heavy (non-hydrogen) atoms. The van der Waals surface area contributed by atoms with E-state index >= 15 is 0 Å². The number of nitro groups is 1. The van der Waals surface area contributed by atoms with E-state index in [1.165, 1.54) is 31.0 Å². The van der Waals surface area contributed by atoms with Crippen LogP contribution in [0.15, 0.2) is 71.9 Å². The molecule has 0 radical (unpaired) electrons. The molecule has 0 spiro atoms. The monoisotopic (exact) mass is 509 g/mol. The minimum absolute atomic E-state index is 0.00164. The van der Waals surface area contributed by atoms with Crippen molar-refractivity contribution < 1.29 is 14.5 Å². The molecule has 1 amide bonds. The van der Waals surface area contributed by atoms with Crippen molar-refractivity contribution in [2.75, 3.05) is 12.4 Å². The van der Waals surface area contributed by atoms with Crippen molar-refractivity contribution in [1.82, 2.24) is 14.8 Å². The predicted octanol–water partition coefficient (Wildman–Crippen LogP) is 5.60. The van der Waals surface area contributed by atoms with Crippen LogP contribution in [0.25, 0.3) is 11.4 Å². The Morgan fingerprint density at radius 2 is 1.89 bits per heavy atom. The summed E-state index contributed by atoms with van der Waals surface area (Å²) in [6, 6.07) is 18.6. The van der Waals surface area contributed by atoms with Crippen molar-refractivity contribution >= 4 is 40.6 Å². The zero-order chi connectivity index (χ0) is 24.9. The molecule has 178 valence electrons. The summed E-state index contributed by atoms with van der Waals surface area (Å²) in [6.45, 7) is 0. The Kier molecular flexibility index (Phi) is 7.33. The van der Waals surface area contributed by atoms with E-state index in [9.17, 15) is 14.9 Å². The normalized spacial score (nSPS) is 10.7. The zero-order valence-electron chi connectivity index (χ0n) is 18.8. The van der Waals surface area contributed by atoms with Gasteiger partial charge in [-0.15, -0.1) is 10.2 Å². The van der Waals surface area contributed by atoms with E-state index in [4.69, 9.17) is 16.3 Å². The summed E-state index contributed by atoms with van der Waals surface area (Å²) in [5, 5.41) is 23.5. The number of rotatable bonds is 8. The van der Waals surface area contributed by atoms with Gasteiger partial charge in [-0.2, -0.15) is 0 Å². The summed E-state index contributed by atoms with van der Waals surface area (Å²) in [4.78, 5) is 23.1. The van der Waals surface area contributed by atoms with Crippen LogP contribution in [0.3, 0.4) is 0 Å². The molecular weight excluding hydrogens is 490 g/mol. The first-order chi connectivity index (χ1) is 16.9. The molecule has 0 fully saturated rings. The quantitative estimate of drug-likeness (QED) is 0.187. The number of benzene rings is 3. The van der Waals surface area contributed by atoms with Gasteiger partial charge in [-0.1, -0.05) is 35.5 Å². The lowest BCUT2D eigenvalue weighted by molar-refractivity contribution is -0.384. The molecule has 0 saturated carbocycles. The number of amides is 1. The second-order valence-corrected chi connectivity index (χ2v) is 8.77. The van der Waals surface area contributed by atoms with Gasteiger partial charge in [0.05, 0.1) is 22.6 Å². The van der Waals surface area contributed by atoms with Crippen molar-refractivity contribution in [2.24, 2.45) is 7.05 Å². The minimum Gasteiger partial charge on any atom is -0.496 e. The maximum absolute atomic E-state index is 12.5. The van der Waals surface area contributed by atoms with Crippen molar-refractivity contribution in [3.8, 4) is 17.1 Å². The third-order valence-corrected chi connectivity index (χ3v) is 6.58. The highest BCUT2D eigenvalue weighted by Crippen LogP contribution is 2.31. The summed E-state index contributed by atoms with van der Waals surface area (Å²) in [7, 11) is 3.37. The Balaban J connectivity index is 1.46. The van der Waals surface area contributed by atoms with E-state index in [-0.39, 0.29) is 11.6 Å². The van der Waals surface area contributed by atoms with Gasteiger partial charge in [-0.25, -0.2) is 0 Å². The van der Waals surface area contributed by atoms with Gasteiger partial charge in [0.25, 0.3) is 11.6 Å². The number of non-ortho nitro benzene ring substituents is 1. The molecule has 4 aromatic rings.